The van der Waals surface area contributed by atoms with Crippen LogP contribution >= 0.6 is 0 Å². The summed E-state index contributed by atoms with van der Waals surface area (Å²) in [5.74, 6) is -0.659. The summed E-state index contributed by atoms with van der Waals surface area (Å²) < 4.78 is 5.20. The number of nitrogens with one attached hydrogen (secondary N) is 2. The Balaban J connectivity index is 2.32. The van der Waals surface area contributed by atoms with Crippen LogP contribution in [-0.2, 0) is 10.3 Å². The second-order valence-electron chi connectivity index (χ2n) is 6.45. The van der Waals surface area contributed by atoms with Gasteiger partial charge in [-0.3, -0.25) is 14.7 Å². The molecule has 1 heterocycles. The largest absolute Gasteiger partial charge is 0.497 e. The van der Waals surface area contributed by atoms with Crippen molar-refractivity contribution in [3.63, 3.8) is 0 Å². The normalized spacial score (nSPS) is 13.3. The number of carbonyl (C=O) groups is 2. The third-order valence-corrected chi connectivity index (χ3v) is 4.05. The molecule has 134 valence electrons. The summed E-state index contributed by atoms with van der Waals surface area (Å²) in [5, 5.41) is 18.9. The van der Waals surface area contributed by atoms with E-state index >= 15 is 0 Å². The van der Waals surface area contributed by atoms with E-state index in [2.05, 4.69) is 15.5 Å². The monoisotopic (exact) mass is 345 g/mol. The molecule has 0 radical (unpaired) electrons. The van der Waals surface area contributed by atoms with Gasteiger partial charge in [0.1, 0.15) is 11.4 Å². The Morgan fingerprint density at radius 3 is 2.64 bits per heavy atom. The first-order chi connectivity index (χ1) is 11.7. The van der Waals surface area contributed by atoms with Gasteiger partial charge in [-0.1, -0.05) is 26.0 Å². The number of rotatable bonds is 7. The van der Waals surface area contributed by atoms with E-state index in [1.807, 2.05) is 13.8 Å². The highest BCUT2D eigenvalue weighted by Gasteiger charge is 2.33. The standard InChI is InChI=1S/C18H23N3O4/c1-11(2)14-9-15(21-20-14)17(24)19-18(3,10-16(22)23)12-6-5-7-13(8-12)25-4/h5-9,11H,10H2,1-4H3,(H,19,24)(H,20,21)(H,22,23). The lowest BCUT2D eigenvalue weighted by Gasteiger charge is -2.30. The van der Waals surface area contributed by atoms with Crippen molar-refractivity contribution in [2.75, 3.05) is 7.11 Å². The third kappa shape index (κ3) is 4.37. The molecule has 1 unspecified atom stereocenters. The maximum Gasteiger partial charge on any atom is 0.306 e. The zero-order chi connectivity index (χ0) is 18.6. The number of H-pyrrole nitrogens is 1. The molecule has 3 N–H and O–H groups in total. The average molecular weight is 345 g/mol. The fraction of sp³-hybridized carbons (Fsp3) is 0.389. The van der Waals surface area contributed by atoms with Crippen LogP contribution in [0.3, 0.4) is 0 Å². The second-order valence-corrected chi connectivity index (χ2v) is 6.45. The number of methoxy groups -OCH3 is 1. The number of aliphatic carboxylic acids is 1. The molecule has 0 aliphatic carbocycles. The number of nitrogens with zero attached hydrogens (tertiary/aromatic N) is 1. The molecule has 0 bridgehead atoms. The van der Waals surface area contributed by atoms with E-state index in [4.69, 9.17) is 4.74 Å². The van der Waals surface area contributed by atoms with Crippen molar-refractivity contribution in [2.24, 2.45) is 0 Å². The summed E-state index contributed by atoms with van der Waals surface area (Å²) in [4.78, 5) is 23.9. The summed E-state index contributed by atoms with van der Waals surface area (Å²) >= 11 is 0. The van der Waals surface area contributed by atoms with Crippen molar-refractivity contribution in [3.05, 3.63) is 47.3 Å². The zero-order valence-electron chi connectivity index (χ0n) is 14.8. The van der Waals surface area contributed by atoms with Crippen molar-refractivity contribution in [1.29, 1.82) is 0 Å². The molecule has 0 fully saturated rings. The van der Waals surface area contributed by atoms with E-state index < -0.39 is 17.4 Å². The number of carbonyl (C=O) groups excluding carboxylic acids is 1. The van der Waals surface area contributed by atoms with Gasteiger partial charge in [0.15, 0.2) is 0 Å². The van der Waals surface area contributed by atoms with Gasteiger partial charge in [-0.05, 0) is 36.6 Å². The molecule has 0 saturated carbocycles. The maximum atomic E-state index is 12.6. The molecule has 2 rings (SSSR count). The molecule has 2 aromatic rings. The number of ether oxygens (including phenoxy) is 1. The molecule has 0 saturated heterocycles. The Morgan fingerprint density at radius 1 is 1.36 bits per heavy atom. The SMILES string of the molecule is COc1cccc(C(C)(CC(=O)O)NC(=O)c2cc(C(C)C)[nH]n2)c1. The Morgan fingerprint density at radius 2 is 2.08 bits per heavy atom. The van der Waals surface area contributed by atoms with Gasteiger partial charge in [-0.2, -0.15) is 5.10 Å². The number of amides is 1. The molecule has 0 aliphatic heterocycles. The molecule has 0 aliphatic rings. The first-order valence-electron chi connectivity index (χ1n) is 7.99. The van der Waals surface area contributed by atoms with Gasteiger partial charge in [0.2, 0.25) is 0 Å². The number of carboxylic acids is 1. The van der Waals surface area contributed by atoms with Crippen LogP contribution in [0, 0.1) is 0 Å². The Hall–Kier alpha value is -2.83. The van der Waals surface area contributed by atoms with E-state index in [1.165, 1.54) is 7.11 Å². The summed E-state index contributed by atoms with van der Waals surface area (Å²) in [7, 11) is 1.53. The smallest absolute Gasteiger partial charge is 0.306 e. The van der Waals surface area contributed by atoms with Gasteiger partial charge in [-0.25, -0.2) is 0 Å². The number of hydrogen-bond acceptors (Lipinski definition) is 4. The average Bonchev–Trinajstić information content (AvgIpc) is 3.04. The number of benzene rings is 1. The highest BCUT2D eigenvalue weighted by molar-refractivity contribution is 5.93. The first-order valence-corrected chi connectivity index (χ1v) is 7.99. The Kier molecular flexibility index (Phi) is 5.46. The quantitative estimate of drug-likeness (QED) is 0.715. The summed E-state index contributed by atoms with van der Waals surface area (Å²) in [6.07, 6.45) is -0.270. The lowest BCUT2D eigenvalue weighted by Crippen LogP contribution is -2.45. The molecule has 1 aromatic heterocycles. The topological polar surface area (TPSA) is 104 Å². The Labute approximate surface area is 146 Å². The Bertz CT molecular complexity index is 769. The number of aromatic nitrogens is 2. The van der Waals surface area contributed by atoms with Crippen LogP contribution in [-0.4, -0.2) is 34.3 Å². The van der Waals surface area contributed by atoms with Crippen LogP contribution in [0.1, 0.15) is 54.9 Å². The summed E-state index contributed by atoms with van der Waals surface area (Å²) in [6, 6.07) is 8.66. The van der Waals surface area contributed by atoms with Crippen LogP contribution in [0.2, 0.25) is 0 Å². The second kappa shape index (κ2) is 7.38. The molecule has 0 spiro atoms. The highest BCUT2D eigenvalue weighted by atomic mass is 16.5. The minimum Gasteiger partial charge on any atom is -0.497 e. The van der Waals surface area contributed by atoms with Crippen molar-refractivity contribution in [3.8, 4) is 5.75 Å². The molecule has 1 atom stereocenters. The lowest BCUT2D eigenvalue weighted by molar-refractivity contribution is -0.138. The van der Waals surface area contributed by atoms with Crippen molar-refractivity contribution in [2.45, 2.75) is 38.6 Å². The van der Waals surface area contributed by atoms with Gasteiger partial charge >= 0.3 is 5.97 Å². The zero-order valence-corrected chi connectivity index (χ0v) is 14.8. The highest BCUT2D eigenvalue weighted by Crippen LogP contribution is 2.28. The van der Waals surface area contributed by atoms with E-state index in [1.54, 1.807) is 37.3 Å². The molecule has 25 heavy (non-hydrogen) atoms. The predicted molar refractivity (Wildman–Crippen MR) is 92.7 cm³/mol. The fourth-order valence-electron chi connectivity index (χ4n) is 2.55. The fourth-order valence-corrected chi connectivity index (χ4v) is 2.55. The van der Waals surface area contributed by atoms with Gasteiger partial charge in [-0.15, -0.1) is 0 Å². The van der Waals surface area contributed by atoms with Gasteiger partial charge in [0.25, 0.3) is 5.91 Å². The molecule has 7 nitrogen and oxygen atoms in total. The van der Waals surface area contributed by atoms with Gasteiger partial charge in [0.05, 0.1) is 19.1 Å². The van der Waals surface area contributed by atoms with Crippen LogP contribution in [0.5, 0.6) is 5.75 Å². The minimum atomic E-state index is -1.10. The van der Waals surface area contributed by atoms with E-state index in [-0.39, 0.29) is 18.0 Å². The molecular formula is C18H23N3O4. The van der Waals surface area contributed by atoms with Crippen LogP contribution in [0.25, 0.3) is 0 Å². The first kappa shape index (κ1) is 18.5. The molecule has 1 aromatic carbocycles. The third-order valence-electron chi connectivity index (χ3n) is 4.05. The summed E-state index contributed by atoms with van der Waals surface area (Å²) in [5.41, 5.74) is 0.603. The van der Waals surface area contributed by atoms with Crippen LogP contribution < -0.4 is 10.1 Å². The lowest BCUT2D eigenvalue weighted by atomic mass is 9.88. The van der Waals surface area contributed by atoms with Crippen LogP contribution in [0.15, 0.2) is 30.3 Å². The van der Waals surface area contributed by atoms with Gasteiger partial charge in [0, 0.05) is 5.69 Å². The number of aromatic amines is 1. The molecular weight excluding hydrogens is 322 g/mol. The van der Waals surface area contributed by atoms with Crippen LogP contribution in [0.4, 0.5) is 0 Å². The minimum absolute atomic E-state index is 0.206. The molecule has 7 heteroatoms. The molecule has 1 amide bonds. The van der Waals surface area contributed by atoms with Crippen molar-refractivity contribution in [1.82, 2.24) is 15.5 Å². The summed E-state index contributed by atoms with van der Waals surface area (Å²) in [6.45, 7) is 5.64. The predicted octanol–water partition coefficient (Wildman–Crippen LogP) is 2.66. The van der Waals surface area contributed by atoms with E-state index in [0.717, 1.165) is 5.69 Å². The number of hydrogen-bond donors (Lipinski definition) is 3. The maximum absolute atomic E-state index is 12.6. The number of carboxylic acid groups (broad SMARTS) is 1. The van der Waals surface area contributed by atoms with Crippen molar-refractivity contribution < 1.29 is 19.4 Å². The van der Waals surface area contributed by atoms with Crippen molar-refractivity contribution >= 4 is 11.9 Å². The van der Waals surface area contributed by atoms with E-state index in [9.17, 15) is 14.7 Å². The van der Waals surface area contributed by atoms with Gasteiger partial charge < -0.3 is 15.2 Å². The van der Waals surface area contributed by atoms with E-state index in [0.29, 0.717) is 11.3 Å².